The van der Waals surface area contributed by atoms with Crippen LogP contribution in [0.1, 0.15) is 27.2 Å². The average Bonchev–Trinajstić information content (AvgIpc) is 2.50. The topological polar surface area (TPSA) is 61.2 Å². The third-order valence-electron chi connectivity index (χ3n) is 3.02. The zero-order chi connectivity index (χ0) is 11.7. The minimum atomic E-state index is -3.33. The molecule has 1 heterocycles. The van der Waals surface area contributed by atoms with Crippen molar-refractivity contribution in [3.05, 3.63) is 0 Å². The van der Waals surface area contributed by atoms with Crippen LogP contribution in [0.2, 0.25) is 0 Å². The molecule has 1 aliphatic heterocycles. The highest BCUT2D eigenvalue weighted by Gasteiger charge is 2.36. The molecule has 0 amide bonds. The number of nitrogens with zero attached hydrogens (tertiary/aromatic N) is 2. The van der Waals surface area contributed by atoms with Gasteiger partial charge in [0.25, 0.3) is 0 Å². The third-order valence-corrected chi connectivity index (χ3v) is 4.63. The molecular weight excluding hydrogens is 212 g/mol. The zero-order valence-electron chi connectivity index (χ0n) is 9.52. The third kappa shape index (κ3) is 2.93. The summed E-state index contributed by atoms with van der Waals surface area (Å²) in [6.07, 6.45) is 0.897. The van der Waals surface area contributed by atoms with E-state index in [0.717, 1.165) is 6.42 Å². The number of sulfonamides is 1. The molecule has 0 aromatic heterocycles. The first-order chi connectivity index (χ1) is 6.77. The van der Waals surface area contributed by atoms with Gasteiger partial charge in [0.1, 0.15) is 0 Å². The van der Waals surface area contributed by atoms with Crippen molar-refractivity contribution in [2.45, 2.75) is 27.2 Å². The molecule has 0 aromatic rings. The summed E-state index contributed by atoms with van der Waals surface area (Å²) in [5, 5.41) is 8.43. The molecule has 4 nitrogen and oxygen atoms in total. The van der Waals surface area contributed by atoms with Crippen LogP contribution in [-0.2, 0) is 10.0 Å². The summed E-state index contributed by atoms with van der Waals surface area (Å²) in [7, 11) is -3.33. The van der Waals surface area contributed by atoms with Crippen LogP contribution in [-0.4, -0.2) is 31.6 Å². The SMILES string of the molecule is CC(C)(C)C1CCN(S(=O)(=O)CC#N)C1. The number of rotatable bonds is 2. The number of nitriles is 1. The van der Waals surface area contributed by atoms with Crippen LogP contribution in [0, 0.1) is 22.7 Å². The lowest BCUT2D eigenvalue weighted by molar-refractivity contribution is 0.252. The van der Waals surface area contributed by atoms with E-state index in [1.54, 1.807) is 6.07 Å². The average molecular weight is 230 g/mol. The van der Waals surface area contributed by atoms with E-state index >= 15 is 0 Å². The summed E-state index contributed by atoms with van der Waals surface area (Å²) in [5.41, 5.74) is 0.136. The van der Waals surface area contributed by atoms with E-state index in [-0.39, 0.29) is 5.41 Å². The molecule has 1 fully saturated rings. The predicted octanol–water partition coefficient (Wildman–Crippen LogP) is 1.21. The normalized spacial score (nSPS) is 24.0. The molecule has 1 rings (SSSR count). The fourth-order valence-electron chi connectivity index (χ4n) is 1.86. The van der Waals surface area contributed by atoms with Gasteiger partial charge < -0.3 is 0 Å². The summed E-state index contributed by atoms with van der Waals surface area (Å²) in [5.74, 6) is -0.00453. The Morgan fingerprint density at radius 3 is 2.47 bits per heavy atom. The van der Waals surface area contributed by atoms with Gasteiger partial charge in [-0.1, -0.05) is 20.8 Å². The Labute approximate surface area is 91.9 Å². The number of hydrogen-bond donors (Lipinski definition) is 0. The van der Waals surface area contributed by atoms with Crippen LogP contribution >= 0.6 is 0 Å². The Hall–Kier alpha value is -0.600. The minimum absolute atomic E-state index is 0.136. The summed E-state index contributed by atoms with van der Waals surface area (Å²) in [6, 6.07) is 1.71. The molecule has 0 spiro atoms. The summed E-state index contributed by atoms with van der Waals surface area (Å²) in [4.78, 5) is 0. The summed E-state index contributed by atoms with van der Waals surface area (Å²) < 4.78 is 24.7. The maximum atomic E-state index is 11.6. The predicted molar refractivity (Wildman–Crippen MR) is 58.5 cm³/mol. The van der Waals surface area contributed by atoms with Crippen LogP contribution in [0.25, 0.3) is 0 Å². The highest BCUT2D eigenvalue weighted by atomic mass is 32.2. The van der Waals surface area contributed by atoms with E-state index in [9.17, 15) is 8.42 Å². The van der Waals surface area contributed by atoms with Gasteiger partial charge in [0.2, 0.25) is 10.0 Å². The van der Waals surface area contributed by atoms with Crippen LogP contribution in [0.5, 0.6) is 0 Å². The van der Waals surface area contributed by atoms with Gasteiger partial charge in [-0.05, 0) is 17.8 Å². The van der Waals surface area contributed by atoms with Crippen LogP contribution in [0.15, 0.2) is 0 Å². The van der Waals surface area contributed by atoms with E-state index in [0.29, 0.717) is 19.0 Å². The second kappa shape index (κ2) is 4.11. The van der Waals surface area contributed by atoms with E-state index in [1.165, 1.54) is 4.31 Å². The molecule has 5 heteroatoms. The molecule has 1 unspecified atom stereocenters. The van der Waals surface area contributed by atoms with E-state index in [2.05, 4.69) is 20.8 Å². The van der Waals surface area contributed by atoms with Gasteiger partial charge in [0, 0.05) is 13.1 Å². The molecule has 1 saturated heterocycles. The van der Waals surface area contributed by atoms with Gasteiger partial charge in [0.05, 0.1) is 6.07 Å². The van der Waals surface area contributed by atoms with Gasteiger partial charge in [-0.2, -0.15) is 5.26 Å². The maximum Gasteiger partial charge on any atom is 0.227 e. The van der Waals surface area contributed by atoms with Gasteiger partial charge >= 0.3 is 0 Å². The van der Waals surface area contributed by atoms with Gasteiger partial charge in [-0.3, -0.25) is 0 Å². The molecule has 0 bridgehead atoms. The first-order valence-electron chi connectivity index (χ1n) is 5.12. The van der Waals surface area contributed by atoms with E-state index in [1.807, 2.05) is 0 Å². The Bertz CT molecular complexity index is 362. The standard InChI is InChI=1S/C10H18N2O2S/c1-10(2,3)9-4-6-12(8-9)15(13,14)7-5-11/h9H,4,6-8H2,1-3H3. The fourth-order valence-corrected chi connectivity index (χ4v) is 3.00. The largest absolute Gasteiger partial charge is 0.227 e. The van der Waals surface area contributed by atoms with Crippen LogP contribution in [0.4, 0.5) is 0 Å². The molecule has 0 radical (unpaired) electrons. The lowest BCUT2D eigenvalue weighted by Crippen LogP contribution is -2.32. The van der Waals surface area contributed by atoms with Crippen molar-refractivity contribution in [1.29, 1.82) is 5.26 Å². The highest BCUT2D eigenvalue weighted by Crippen LogP contribution is 2.34. The zero-order valence-corrected chi connectivity index (χ0v) is 10.3. The summed E-state index contributed by atoms with van der Waals surface area (Å²) in [6.45, 7) is 7.49. The fraction of sp³-hybridized carbons (Fsp3) is 0.900. The molecule has 0 aliphatic carbocycles. The molecule has 0 saturated carbocycles. The van der Waals surface area contributed by atoms with Crippen molar-refractivity contribution in [3.63, 3.8) is 0 Å². The van der Waals surface area contributed by atoms with Crippen LogP contribution < -0.4 is 0 Å². The minimum Gasteiger partial charge on any atom is -0.211 e. The van der Waals surface area contributed by atoms with Crippen molar-refractivity contribution in [1.82, 2.24) is 4.31 Å². The van der Waals surface area contributed by atoms with Gasteiger partial charge in [-0.25, -0.2) is 12.7 Å². The molecular formula is C10H18N2O2S. The molecule has 1 aliphatic rings. The van der Waals surface area contributed by atoms with Crippen LogP contribution in [0.3, 0.4) is 0 Å². The molecule has 0 aromatic carbocycles. The number of hydrogen-bond acceptors (Lipinski definition) is 3. The first-order valence-corrected chi connectivity index (χ1v) is 6.73. The smallest absolute Gasteiger partial charge is 0.211 e. The van der Waals surface area contributed by atoms with Crippen molar-refractivity contribution >= 4 is 10.0 Å². The maximum absolute atomic E-state index is 11.6. The molecule has 0 N–H and O–H groups in total. The van der Waals surface area contributed by atoms with Crippen molar-refractivity contribution in [2.75, 3.05) is 18.8 Å². The quantitative estimate of drug-likeness (QED) is 0.716. The molecule has 1 atom stereocenters. The monoisotopic (exact) mass is 230 g/mol. The lowest BCUT2D eigenvalue weighted by atomic mass is 9.80. The van der Waals surface area contributed by atoms with E-state index < -0.39 is 15.8 Å². The lowest BCUT2D eigenvalue weighted by Gasteiger charge is -2.26. The Kier molecular flexibility index (Phi) is 3.41. The van der Waals surface area contributed by atoms with Crippen molar-refractivity contribution in [3.8, 4) is 6.07 Å². The van der Waals surface area contributed by atoms with E-state index in [4.69, 9.17) is 5.26 Å². The second-order valence-electron chi connectivity index (χ2n) is 5.12. The van der Waals surface area contributed by atoms with Gasteiger partial charge in [-0.15, -0.1) is 0 Å². The highest BCUT2D eigenvalue weighted by molar-refractivity contribution is 7.89. The van der Waals surface area contributed by atoms with Crippen molar-refractivity contribution in [2.24, 2.45) is 11.3 Å². The summed E-state index contributed by atoms with van der Waals surface area (Å²) >= 11 is 0. The Morgan fingerprint density at radius 1 is 1.47 bits per heavy atom. The van der Waals surface area contributed by atoms with Crippen molar-refractivity contribution < 1.29 is 8.42 Å². The second-order valence-corrected chi connectivity index (χ2v) is 7.09. The molecule has 15 heavy (non-hydrogen) atoms. The first kappa shape index (κ1) is 12.5. The Morgan fingerprint density at radius 2 is 2.07 bits per heavy atom. The Balaban J connectivity index is 2.70. The van der Waals surface area contributed by atoms with Gasteiger partial charge in [0.15, 0.2) is 5.75 Å². The molecule has 86 valence electrons.